The smallest absolute Gasteiger partial charge is 0.129 e. The Labute approximate surface area is 123 Å². The molecule has 0 aliphatic heterocycles. The molecule has 1 saturated carbocycles. The van der Waals surface area contributed by atoms with Gasteiger partial charge >= 0.3 is 0 Å². The van der Waals surface area contributed by atoms with Gasteiger partial charge in [-0.05, 0) is 58.4 Å². The highest BCUT2D eigenvalue weighted by atomic mass is 16.5. The fourth-order valence-corrected chi connectivity index (χ4v) is 2.56. The van der Waals surface area contributed by atoms with E-state index in [4.69, 9.17) is 9.15 Å². The number of hydrogen-bond donors (Lipinski definition) is 1. The van der Waals surface area contributed by atoms with Crippen molar-refractivity contribution in [1.82, 2.24) is 5.32 Å². The third-order valence-electron chi connectivity index (χ3n) is 3.96. The molecule has 0 saturated heterocycles. The van der Waals surface area contributed by atoms with Gasteiger partial charge in [-0.25, -0.2) is 0 Å². The first kappa shape index (κ1) is 15.6. The van der Waals surface area contributed by atoms with Crippen LogP contribution in [-0.4, -0.2) is 11.6 Å². The van der Waals surface area contributed by atoms with E-state index in [1.165, 1.54) is 31.2 Å². The van der Waals surface area contributed by atoms with E-state index in [2.05, 4.69) is 39.1 Å². The zero-order valence-corrected chi connectivity index (χ0v) is 13.4. The summed E-state index contributed by atoms with van der Waals surface area (Å²) in [5.41, 5.74) is 1.32. The molecule has 0 amide bonds. The minimum absolute atomic E-state index is 0.132. The molecular weight excluding hydrogens is 250 g/mol. The van der Waals surface area contributed by atoms with Gasteiger partial charge in [0.2, 0.25) is 0 Å². The van der Waals surface area contributed by atoms with Gasteiger partial charge in [-0.3, -0.25) is 0 Å². The molecule has 114 valence electrons. The van der Waals surface area contributed by atoms with Crippen LogP contribution in [0.2, 0.25) is 0 Å². The maximum Gasteiger partial charge on any atom is 0.129 e. The zero-order chi connectivity index (χ0) is 14.6. The Morgan fingerprint density at radius 1 is 1.25 bits per heavy atom. The molecule has 1 aromatic rings. The number of furan rings is 1. The van der Waals surface area contributed by atoms with E-state index < -0.39 is 0 Å². The molecule has 3 heteroatoms. The van der Waals surface area contributed by atoms with E-state index in [0.29, 0.717) is 12.7 Å². The zero-order valence-electron chi connectivity index (χ0n) is 13.4. The average molecular weight is 279 g/mol. The van der Waals surface area contributed by atoms with Crippen LogP contribution in [0.1, 0.15) is 64.7 Å². The van der Waals surface area contributed by atoms with Crippen LogP contribution in [0.15, 0.2) is 16.7 Å². The lowest BCUT2D eigenvalue weighted by Crippen LogP contribution is -2.34. The Bertz CT molecular complexity index is 397. The first-order chi connectivity index (χ1) is 9.42. The molecule has 0 atom stereocenters. The van der Waals surface area contributed by atoms with Gasteiger partial charge in [0, 0.05) is 17.6 Å². The van der Waals surface area contributed by atoms with Crippen molar-refractivity contribution in [1.29, 1.82) is 0 Å². The van der Waals surface area contributed by atoms with Crippen molar-refractivity contribution in [3.05, 3.63) is 23.7 Å². The first-order valence-electron chi connectivity index (χ1n) is 7.85. The van der Waals surface area contributed by atoms with Crippen LogP contribution < -0.4 is 5.32 Å². The normalized spacial score (nSPS) is 24.0. The van der Waals surface area contributed by atoms with Crippen LogP contribution in [0.4, 0.5) is 0 Å². The summed E-state index contributed by atoms with van der Waals surface area (Å²) in [4.78, 5) is 0. The molecule has 3 nitrogen and oxygen atoms in total. The van der Waals surface area contributed by atoms with Crippen LogP contribution in [-0.2, 0) is 17.9 Å². The topological polar surface area (TPSA) is 34.4 Å². The van der Waals surface area contributed by atoms with Crippen LogP contribution in [0.3, 0.4) is 0 Å². The van der Waals surface area contributed by atoms with E-state index in [9.17, 15) is 0 Å². The van der Waals surface area contributed by atoms with E-state index in [1.54, 1.807) is 0 Å². The average Bonchev–Trinajstić information content (AvgIpc) is 2.83. The highest BCUT2D eigenvalue weighted by molar-refractivity contribution is 5.12. The largest absolute Gasteiger partial charge is 0.467 e. The van der Waals surface area contributed by atoms with Crippen LogP contribution in [0, 0.1) is 5.92 Å². The van der Waals surface area contributed by atoms with Gasteiger partial charge in [-0.1, -0.05) is 6.92 Å². The van der Waals surface area contributed by atoms with Gasteiger partial charge in [-0.2, -0.15) is 0 Å². The summed E-state index contributed by atoms with van der Waals surface area (Å²) in [6.07, 6.45) is 7.24. The van der Waals surface area contributed by atoms with Gasteiger partial charge in [0.1, 0.15) is 12.4 Å². The van der Waals surface area contributed by atoms with Crippen molar-refractivity contribution in [3.63, 3.8) is 0 Å². The maximum absolute atomic E-state index is 5.96. The van der Waals surface area contributed by atoms with Crippen LogP contribution in [0.25, 0.3) is 0 Å². The Kier molecular flexibility index (Phi) is 5.28. The standard InChI is InChI=1S/C17H29NO2/c1-13-5-7-15(8-6-13)20-12-16-9-14(11-19-16)10-18-17(2,3)4/h9,11,13,15,18H,5-8,10,12H2,1-4H3. The molecule has 1 aliphatic carbocycles. The summed E-state index contributed by atoms with van der Waals surface area (Å²) in [6, 6.07) is 2.10. The van der Waals surface area contributed by atoms with Crippen molar-refractivity contribution in [2.24, 2.45) is 5.92 Å². The van der Waals surface area contributed by atoms with Crippen molar-refractivity contribution < 1.29 is 9.15 Å². The predicted octanol–water partition coefficient (Wildman–Crippen LogP) is 4.26. The lowest BCUT2D eigenvalue weighted by Gasteiger charge is -2.25. The highest BCUT2D eigenvalue weighted by Gasteiger charge is 2.19. The van der Waals surface area contributed by atoms with Gasteiger partial charge in [0.25, 0.3) is 0 Å². The highest BCUT2D eigenvalue weighted by Crippen LogP contribution is 2.26. The van der Waals surface area contributed by atoms with Crippen LogP contribution in [0.5, 0.6) is 0 Å². The Morgan fingerprint density at radius 3 is 2.60 bits per heavy atom. The summed E-state index contributed by atoms with van der Waals surface area (Å²) in [5.74, 6) is 1.81. The van der Waals surface area contributed by atoms with Gasteiger partial charge in [0.15, 0.2) is 0 Å². The molecule has 0 radical (unpaired) electrons. The molecule has 1 N–H and O–H groups in total. The molecule has 20 heavy (non-hydrogen) atoms. The van der Waals surface area contributed by atoms with Gasteiger partial charge < -0.3 is 14.5 Å². The monoisotopic (exact) mass is 279 g/mol. The van der Waals surface area contributed by atoms with E-state index in [-0.39, 0.29) is 5.54 Å². The fourth-order valence-electron chi connectivity index (χ4n) is 2.56. The van der Waals surface area contributed by atoms with Crippen molar-refractivity contribution >= 4 is 0 Å². The molecule has 1 heterocycles. The summed E-state index contributed by atoms with van der Waals surface area (Å²) < 4.78 is 11.5. The van der Waals surface area contributed by atoms with E-state index in [1.807, 2.05) is 6.26 Å². The summed E-state index contributed by atoms with van der Waals surface area (Å²) >= 11 is 0. The second kappa shape index (κ2) is 6.77. The fraction of sp³-hybridized carbons (Fsp3) is 0.765. The summed E-state index contributed by atoms with van der Waals surface area (Å²) in [6.45, 7) is 10.3. The number of hydrogen-bond acceptors (Lipinski definition) is 3. The van der Waals surface area contributed by atoms with E-state index in [0.717, 1.165) is 18.2 Å². The van der Waals surface area contributed by atoms with E-state index >= 15 is 0 Å². The van der Waals surface area contributed by atoms with Crippen molar-refractivity contribution in [2.75, 3.05) is 0 Å². The second-order valence-corrected chi connectivity index (χ2v) is 7.22. The minimum Gasteiger partial charge on any atom is -0.467 e. The molecule has 0 spiro atoms. The quantitative estimate of drug-likeness (QED) is 0.874. The van der Waals surface area contributed by atoms with Gasteiger partial charge in [0.05, 0.1) is 12.4 Å². The molecule has 1 aromatic heterocycles. The maximum atomic E-state index is 5.96. The molecule has 1 fully saturated rings. The third-order valence-corrected chi connectivity index (χ3v) is 3.96. The Morgan fingerprint density at radius 2 is 1.95 bits per heavy atom. The number of ether oxygens (including phenoxy) is 1. The van der Waals surface area contributed by atoms with Crippen molar-refractivity contribution in [2.45, 2.75) is 78.2 Å². The molecule has 0 unspecified atom stereocenters. The van der Waals surface area contributed by atoms with Crippen LogP contribution >= 0.6 is 0 Å². The van der Waals surface area contributed by atoms with Gasteiger partial charge in [-0.15, -0.1) is 0 Å². The molecule has 1 aliphatic rings. The number of nitrogens with one attached hydrogen (secondary N) is 1. The first-order valence-corrected chi connectivity index (χ1v) is 7.85. The Hall–Kier alpha value is -0.800. The summed E-state index contributed by atoms with van der Waals surface area (Å²) in [7, 11) is 0. The second-order valence-electron chi connectivity index (χ2n) is 7.22. The third kappa shape index (κ3) is 5.29. The molecular formula is C17H29NO2. The van der Waals surface area contributed by atoms with Crippen molar-refractivity contribution in [3.8, 4) is 0 Å². The minimum atomic E-state index is 0.132. The lowest BCUT2D eigenvalue weighted by molar-refractivity contribution is 0.00127. The number of rotatable bonds is 5. The Balaban J connectivity index is 1.72. The predicted molar refractivity (Wildman–Crippen MR) is 81.5 cm³/mol. The molecule has 2 rings (SSSR count). The molecule has 0 aromatic carbocycles. The SMILES string of the molecule is CC1CCC(OCc2cc(CNC(C)(C)C)co2)CC1. The summed E-state index contributed by atoms with van der Waals surface area (Å²) in [5, 5.41) is 3.46. The molecule has 0 bridgehead atoms. The lowest BCUT2D eigenvalue weighted by atomic mass is 9.89.